The summed E-state index contributed by atoms with van der Waals surface area (Å²) >= 11 is 0. The number of methoxy groups -OCH3 is 3. The highest BCUT2D eigenvalue weighted by Crippen LogP contribution is 2.38. The van der Waals surface area contributed by atoms with Crippen LogP contribution >= 0.6 is 0 Å². The van der Waals surface area contributed by atoms with Crippen molar-refractivity contribution in [3.05, 3.63) is 30.0 Å². The summed E-state index contributed by atoms with van der Waals surface area (Å²) in [6, 6.07) is 6.27. The Kier molecular flexibility index (Phi) is 13.2. The summed E-state index contributed by atoms with van der Waals surface area (Å²) in [7, 11) is 4.38. The first-order chi connectivity index (χ1) is 17.6. The van der Waals surface area contributed by atoms with Crippen molar-refractivity contribution in [3.63, 3.8) is 0 Å². The standard InChI is InChI=1S/C25H36N4O6.C2H6/c1-15(2)11-17(24(31)26-13-22(30)35-7)27-25(32)18-12-19(29(28-18)14-16(3)4)23-20(33-5)9-8-10-21(23)34-6;1-2/h8-10,12,15-17H,11,13-14H2,1-7H3,(H,26,31)(H,27,32);1-2H3/t17-;/m0./s1. The van der Waals surface area contributed by atoms with Crippen LogP contribution in [0.15, 0.2) is 24.3 Å². The van der Waals surface area contributed by atoms with Gasteiger partial charge in [0.1, 0.15) is 24.1 Å². The summed E-state index contributed by atoms with van der Waals surface area (Å²) in [4.78, 5) is 37.3. The predicted molar refractivity (Wildman–Crippen MR) is 143 cm³/mol. The molecule has 1 aromatic heterocycles. The van der Waals surface area contributed by atoms with Crippen LogP contribution in [-0.4, -0.2) is 61.5 Å². The van der Waals surface area contributed by atoms with Crippen LogP contribution in [-0.2, 0) is 20.9 Å². The van der Waals surface area contributed by atoms with E-state index < -0.39 is 23.8 Å². The topological polar surface area (TPSA) is 121 Å². The SMILES string of the molecule is CC.COC(=O)CNC(=O)[C@H](CC(C)C)NC(=O)c1cc(-c2c(OC)cccc2OC)n(CC(C)C)n1. The predicted octanol–water partition coefficient (Wildman–Crippen LogP) is 3.68. The number of benzene rings is 1. The number of nitrogens with zero attached hydrogens (tertiary/aromatic N) is 2. The van der Waals surface area contributed by atoms with E-state index in [0.717, 1.165) is 0 Å². The fourth-order valence-electron chi connectivity index (χ4n) is 3.61. The molecular formula is C27H42N4O6. The number of hydrogen-bond acceptors (Lipinski definition) is 7. The maximum Gasteiger partial charge on any atom is 0.325 e. The van der Waals surface area contributed by atoms with Crippen LogP contribution in [0.1, 0.15) is 58.5 Å². The van der Waals surface area contributed by atoms with E-state index in [9.17, 15) is 14.4 Å². The van der Waals surface area contributed by atoms with Gasteiger partial charge in [0, 0.05) is 6.54 Å². The van der Waals surface area contributed by atoms with E-state index >= 15 is 0 Å². The summed E-state index contributed by atoms with van der Waals surface area (Å²) in [5.74, 6) is 0.00396. The molecule has 1 aromatic carbocycles. The molecule has 1 heterocycles. The molecule has 2 N–H and O–H groups in total. The lowest BCUT2D eigenvalue weighted by Crippen LogP contribution is -2.48. The number of carbonyl (C=O) groups excluding carboxylic acids is 3. The maximum atomic E-state index is 13.2. The molecule has 37 heavy (non-hydrogen) atoms. The first kappa shape index (κ1) is 31.5. The van der Waals surface area contributed by atoms with Crippen LogP contribution in [0.2, 0.25) is 0 Å². The highest BCUT2D eigenvalue weighted by atomic mass is 16.5. The molecule has 2 amide bonds. The number of rotatable bonds is 12. The van der Waals surface area contributed by atoms with Crippen LogP contribution in [0.4, 0.5) is 0 Å². The van der Waals surface area contributed by atoms with Gasteiger partial charge >= 0.3 is 5.97 Å². The zero-order valence-electron chi connectivity index (χ0n) is 23.5. The molecule has 0 saturated heterocycles. The van der Waals surface area contributed by atoms with Gasteiger partial charge in [-0.1, -0.05) is 47.6 Å². The molecule has 1 atom stereocenters. The quantitative estimate of drug-likeness (QED) is 0.411. The van der Waals surface area contributed by atoms with Gasteiger partial charge in [0.2, 0.25) is 5.91 Å². The van der Waals surface area contributed by atoms with Crippen LogP contribution in [0.25, 0.3) is 11.3 Å². The molecule has 2 aromatic rings. The van der Waals surface area contributed by atoms with E-state index in [2.05, 4.69) is 34.3 Å². The molecule has 0 unspecified atom stereocenters. The van der Waals surface area contributed by atoms with Crippen LogP contribution in [0, 0.1) is 11.8 Å². The van der Waals surface area contributed by atoms with Gasteiger partial charge in [-0.05, 0) is 36.5 Å². The Labute approximate surface area is 220 Å². The molecule has 0 radical (unpaired) electrons. The Balaban J connectivity index is 0.00000334. The third kappa shape index (κ3) is 9.11. The fraction of sp³-hybridized carbons (Fsp3) is 0.556. The van der Waals surface area contributed by atoms with E-state index in [4.69, 9.17) is 9.47 Å². The number of esters is 1. The smallest absolute Gasteiger partial charge is 0.325 e. The molecular weight excluding hydrogens is 476 g/mol. The van der Waals surface area contributed by atoms with Crippen molar-refractivity contribution in [2.75, 3.05) is 27.9 Å². The number of hydrogen-bond donors (Lipinski definition) is 2. The summed E-state index contributed by atoms with van der Waals surface area (Å²) < 4.78 is 17.4. The third-order valence-corrected chi connectivity index (χ3v) is 5.20. The lowest BCUT2D eigenvalue weighted by Gasteiger charge is -2.19. The largest absolute Gasteiger partial charge is 0.496 e. The first-order valence-electron chi connectivity index (χ1n) is 12.6. The summed E-state index contributed by atoms with van der Waals surface area (Å²) in [5.41, 5.74) is 1.50. The number of nitrogens with one attached hydrogen (secondary N) is 2. The Morgan fingerprint density at radius 3 is 2.05 bits per heavy atom. The van der Waals surface area contributed by atoms with Crippen LogP contribution < -0.4 is 20.1 Å². The van der Waals surface area contributed by atoms with E-state index in [0.29, 0.717) is 35.7 Å². The Morgan fingerprint density at radius 2 is 1.57 bits per heavy atom. The second-order valence-electron chi connectivity index (χ2n) is 8.98. The lowest BCUT2D eigenvalue weighted by molar-refractivity contribution is -0.141. The molecule has 0 aliphatic carbocycles. The highest BCUT2D eigenvalue weighted by molar-refractivity contribution is 5.97. The van der Waals surface area contributed by atoms with Gasteiger partial charge in [-0.25, -0.2) is 0 Å². The second kappa shape index (κ2) is 15.5. The minimum atomic E-state index is -0.841. The average Bonchev–Trinajstić information content (AvgIpc) is 3.29. The molecule has 0 aliphatic heterocycles. The van der Waals surface area contributed by atoms with Crippen molar-refractivity contribution in [1.29, 1.82) is 0 Å². The van der Waals surface area contributed by atoms with E-state index in [-0.39, 0.29) is 24.1 Å². The molecule has 206 valence electrons. The molecule has 10 heteroatoms. The van der Waals surface area contributed by atoms with Gasteiger partial charge in [0.25, 0.3) is 5.91 Å². The number of carbonyl (C=O) groups is 3. The van der Waals surface area contributed by atoms with Gasteiger partial charge in [-0.2, -0.15) is 5.10 Å². The van der Waals surface area contributed by atoms with Gasteiger partial charge in [-0.3, -0.25) is 19.1 Å². The minimum Gasteiger partial charge on any atom is -0.496 e. The Bertz CT molecular complexity index is 1010. The van der Waals surface area contributed by atoms with Crippen LogP contribution in [0.5, 0.6) is 11.5 Å². The molecule has 0 bridgehead atoms. The van der Waals surface area contributed by atoms with Crippen molar-refractivity contribution in [3.8, 4) is 22.8 Å². The monoisotopic (exact) mass is 518 g/mol. The Hall–Kier alpha value is -3.56. The van der Waals surface area contributed by atoms with Crippen molar-refractivity contribution >= 4 is 17.8 Å². The molecule has 0 spiro atoms. The van der Waals surface area contributed by atoms with E-state index in [1.807, 2.05) is 45.9 Å². The van der Waals surface area contributed by atoms with E-state index in [1.165, 1.54) is 7.11 Å². The summed E-state index contributed by atoms with van der Waals surface area (Å²) in [6.45, 7) is 12.3. The van der Waals surface area contributed by atoms with Crippen molar-refractivity contribution in [2.24, 2.45) is 11.8 Å². The average molecular weight is 519 g/mol. The normalized spacial score (nSPS) is 11.3. The summed E-state index contributed by atoms with van der Waals surface area (Å²) in [6.07, 6.45) is 0.388. The zero-order valence-corrected chi connectivity index (χ0v) is 23.5. The second-order valence-corrected chi connectivity index (χ2v) is 8.98. The molecule has 2 rings (SSSR count). The zero-order chi connectivity index (χ0) is 28.1. The number of amides is 2. The van der Waals surface area contributed by atoms with E-state index in [1.54, 1.807) is 25.0 Å². The third-order valence-electron chi connectivity index (χ3n) is 5.20. The van der Waals surface area contributed by atoms with Gasteiger partial charge in [0.05, 0.1) is 32.6 Å². The summed E-state index contributed by atoms with van der Waals surface area (Å²) in [5, 5.41) is 9.82. The van der Waals surface area contributed by atoms with Crippen LogP contribution in [0.3, 0.4) is 0 Å². The molecule has 0 saturated carbocycles. The number of ether oxygens (including phenoxy) is 3. The van der Waals surface area contributed by atoms with Crippen molar-refractivity contribution in [2.45, 2.75) is 60.5 Å². The Morgan fingerprint density at radius 1 is 0.973 bits per heavy atom. The van der Waals surface area contributed by atoms with Crippen molar-refractivity contribution in [1.82, 2.24) is 20.4 Å². The molecule has 0 aliphatic rings. The maximum absolute atomic E-state index is 13.2. The van der Waals surface area contributed by atoms with Gasteiger partial charge in [-0.15, -0.1) is 0 Å². The number of aromatic nitrogens is 2. The minimum absolute atomic E-state index is 0.121. The van der Waals surface area contributed by atoms with Gasteiger partial charge in [0.15, 0.2) is 5.69 Å². The highest BCUT2D eigenvalue weighted by Gasteiger charge is 2.26. The fourth-order valence-corrected chi connectivity index (χ4v) is 3.61. The lowest BCUT2D eigenvalue weighted by atomic mass is 10.0. The molecule has 10 nitrogen and oxygen atoms in total. The first-order valence-corrected chi connectivity index (χ1v) is 12.6. The van der Waals surface area contributed by atoms with Gasteiger partial charge < -0.3 is 24.8 Å². The molecule has 0 fully saturated rings. The van der Waals surface area contributed by atoms with Crippen molar-refractivity contribution < 1.29 is 28.6 Å².